The van der Waals surface area contributed by atoms with Crippen LogP contribution < -0.4 is 5.32 Å². The van der Waals surface area contributed by atoms with E-state index in [9.17, 15) is 0 Å². The smallest absolute Gasteiger partial charge is 0.0678 e. The van der Waals surface area contributed by atoms with Gasteiger partial charge in [-0.25, -0.2) is 0 Å². The van der Waals surface area contributed by atoms with Crippen molar-refractivity contribution in [2.45, 2.75) is 18.4 Å². The molecule has 100 valence electrons. The average Bonchev–Trinajstić information content (AvgIpc) is 2.59. The van der Waals surface area contributed by atoms with Gasteiger partial charge in [0.25, 0.3) is 0 Å². The zero-order chi connectivity index (χ0) is 13.0. The Hall–Kier alpha value is -0.320. The molecule has 2 atom stereocenters. The fraction of sp³-hybridized carbons (Fsp3) is 0.538. The van der Waals surface area contributed by atoms with Gasteiger partial charge in [-0.2, -0.15) is 0 Å². The van der Waals surface area contributed by atoms with Crippen molar-refractivity contribution in [2.24, 2.45) is 0 Å². The molecule has 2 N–H and O–H groups in total. The first-order valence-electron chi connectivity index (χ1n) is 6.10. The molecule has 0 amide bonds. The molecule has 3 nitrogen and oxygen atoms in total. The molecule has 5 heteroatoms. The van der Waals surface area contributed by atoms with Gasteiger partial charge in [-0.3, -0.25) is 0 Å². The summed E-state index contributed by atoms with van der Waals surface area (Å²) in [7, 11) is 0. The van der Waals surface area contributed by atoms with Gasteiger partial charge in [0, 0.05) is 25.6 Å². The second-order valence-corrected chi connectivity index (χ2v) is 5.22. The topological polar surface area (TPSA) is 41.5 Å². The lowest BCUT2D eigenvalue weighted by molar-refractivity contribution is 0.0340. The van der Waals surface area contributed by atoms with Gasteiger partial charge in [0.1, 0.15) is 0 Å². The number of hydrogen-bond acceptors (Lipinski definition) is 3. The Labute approximate surface area is 117 Å². The minimum absolute atomic E-state index is 0.0160. The Morgan fingerprint density at radius 2 is 2.17 bits per heavy atom. The Morgan fingerprint density at radius 3 is 2.89 bits per heavy atom. The van der Waals surface area contributed by atoms with Gasteiger partial charge < -0.3 is 15.2 Å². The van der Waals surface area contributed by atoms with E-state index in [4.69, 9.17) is 33.0 Å². The number of halogens is 2. The minimum Gasteiger partial charge on any atom is -0.396 e. The molecule has 1 aromatic carbocycles. The van der Waals surface area contributed by atoms with E-state index in [1.807, 2.05) is 12.1 Å². The molecule has 1 heterocycles. The third kappa shape index (κ3) is 3.37. The molecular formula is C13H17Cl2NO2. The third-order valence-electron chi connectivity index (χ3n) is 3.21. The predicted octanol–water partition coefficient (Wildman–Crippen LogP) is 2.45. The molecule has 0 radical (unpaired) electrons. The minimum atomic E-state index is 0.0160. The summed E-state index contributed by atoms with van der Waals surface area (Å²) in [4.78, 5) is 0. The van der Waals surface area contributed by atoms with Gasteiger partial charge in [-0.15, -0.1) is 0 Å². The number of rotatable bonds is 3. The third-order valence-corrected chi connectivity index (χ3v) is 3.95. The second-order valence-electron chi connectivity index (χ2n) is 4.41. The maximum absolute atomic E-state index is 9.13. The van der Waals surface area contributed by atoms with Crippen LogP contribution in [0.4, 0.5) is 0 Å². The Morgan fingerprint density at radius 1 is 1.33 bits per heavy atom. The quantitative estimate of drug-likeness (QED) is 0.898. The highest BCUT2D eigenvalue weighted by Gasteiger charge is 2.25. The molecule has 0 unspecified atom stereocenters. The van der Waals surface area contributed by atoms with Crippen LogP contribution in [0.25, 0.3) is 0 Å². The molecule has 1 fully saturated rings. The van der Waals surface area contributed by atoms with Crippen LogP contribution in [-0.2, 0) is 4.74 Å². The lowest BCUT2D eigenvalue weighted by atomic mass is 9.91. The summed E-state index contributed by atoms with van der Waals surface area (Å²) in [5, 5.41) is 13.6. The molecule has 0 aromatic heterocycles. The van der Waals surface area contributed by atoms with E-state index < -0.39 is 0 Å². The second kappa shape index (κ2) is 6.73. The fourth-order valence-electron chi connectivity index (χ4n) is 2.27. The van der Waals surface area contributed by atoms with Crippen molar-refractivity contribution in [3.63, 3.8) is 0 Å². The highest BCUT2D eigenvalue weighted by atomic mass is 35.5. The molecule has 0 aliphatic carbocycles. The SMILES string of the molecule is OCC[C@H]1OCCNC[C@@H]1c1ccc(Cl)c(Cl)c1. The van der Waals surface area contributed by atoms with Crippen LogP contribution >= 0.6 is 23.2 Å². The number of ether oxygens (including phenoxy) is 1. The van der Waals surface area contributed by atoms with Crippen molar-refractivity contribution in [3.05, 3.63) is 33.8 Å². The van der Waals surface area contributed by atoms with E-state index >= 15 is 0 Å². The molecule has 1 saturated heterocycles. The first-order valence-corrected chi connectivity index (χ1v) is 6.86. The lowest BCUT2D eigenvalue weighted by Gasteiger charge is -2.24. The molecule has 0 spiro atoms. The Balaban J connectivity index is 2.22. The highest BCUT2D eigenvalue weighted by Crippen LogP contribution is 2.30. The molecule has 0 bridgehead atoms. The monoisotopic (exact) mass is 289 g/mol. The van der Waals surface area contributed by atoms with Gasteiger partial charge >= 0.3 is 0 Å². The van der Waals surface area contributed by atoms with E-state index in [-0.39, 0.29) is 18.6 Å². The Bertz CT molecular complexity index is 401. The van der Waals surface area contributed by atoms with Crippen molar-refractivity contribution in [2.75, 3.05) is 26.3 Å². The van der Waals surface area contributed by atoms with Gasteiger partial charge in [-0.05, 0) is 24.1 Å². The predicted molar refractivity (Wildman–Crippen MR) is 73.5 cm³/mol. The van der Waals surface area contributed by atoms with Crippen LogP contribution in [0.5, 0.6) is 0 Å². The fourth-order valence-corrected chi connectivity index (χ4v) is 2.58. The first-order chi connectivity index (χ1) is 8.72. The maximum atomic E-state index is 9.13. The van der Waals surface area contributed by atoms with Gasteiger partial charge in [0.2, 0.25) is 0 Å². The molecule has 1 aliphatic heterocycles. The van der Waals surface area contributed by atoms with Crippen LogP contribution in [0.3, 0.4) is 0 Å². The summed E-state index contributed by atoms with van der Waals surface area (Å²) < 4.78 is 5.78. The van der Waals surface area contributed by atoms with Crippen molar-refractivity contribution in [1.29, 1.82) is 0 Å². The largest absolute Gasteiger partial charge is 0.396 e. The first kappa shape index (κ1) is 14.1. The van der Waals surface area contributed by atoms with E-state index in [0.29, 0.717) is 23.1 Å². The van der Waals surface area contributed by atoms with E-state index in [2.05, 4.69) is 5.32 Å². The summed E-state index contributed by atoms with van der Waals surface area (Å²) in [6, 6.07) is 5.66. The standard InChI is InChI=1S/C13H17Cl2NO2/c14-11-2-1-9(7-12(11)15)10-8-16-4-6-18-13(10)3-5-17/h1-2,7,10,13,16-17H,3-6,8H2/t10-,13-/m1/s1. The van der Waals surface area contributed by atoms with Crippen molar-refractivity contribution in [3.8, 4) is 0 Å². The van der Waals surface area contributed by atoms with Gasteiger partial charge in [-0.1, -0.05) is 29.3 Å². The molecule has 2 rings (SSSR count). The van der Waals surface area contributed by atoms with Crippen LogP contribution in [0.2, 0.25) is 10.0 Å². The maximum Gasteiger partial charge on any atom is 0.0678 e. The number of benzene rings is 1. The number of aliphatic hydroxyl groups is 1. The Kier molecular flexibility index (Phi) is 5.27. The van der Waals surface area contributed by atoms with Crippen molar-refractivity contribution in [1.82, 2.24) is 5.32 Å². The molecule has 1 aromatic rings. The molecular weight excluding hydrogens is 273 g/mol. The van der Waals surface area contributed by atoms with E-state index in [0.717, 1.165) is 18.7 Å². The zero-order valence-corrected chi connectivity index (χ0v) is 11.5. The summed E-state index contributed by atoms with van der Waals surface area (Å²) in [6.45, 7) is 2.45. The summed E-state index contributed by atoms with van der Waals surface area (Å²) in [6.07, 6.45) is 0.648. The number of hydrogen-bond donors (Lipinski definition) is 2. The summed E-state index contributed by atoms with van der Waals surface area (Å²) in [5.41, 5.74) is 1.09. The van der Waals surface area contributed by atoms with Crippen LogP contribution in [-0.4, -0.2) is 37.5 Å². The summed E-state index contributed by atoms with van der Waals surface area (Å²) >= 11 is 12.0. The van der Waals surface area contributed by atoms with E-state index in [1.165, 1.54) is 0 Å². The van der Waals surface area contributed by atoms with Crippen LogP contribution in [0.1, 0.15) is 17.9 Å². The van der Waals surface area contributed by atoms with Crippen LogP contribution in [0.15, 0.2) is 18.2 Å². The zero-order valence-electron chi connectivity index (χ0n) is 10.0. The lowest BCUT2D eigenvalue weighted by Crippen LogP contribution is -2.27. The van der Waals surface area contributed by atoms with Crippen molar-refractivity contribution < 1.29 is 9.84 Å². The van der Waals surface area contributed by atoms with E-state index in [1.54, 1.807) is 6.07 Å². The van der Waals surface area contributed by atoms with Gasteiger partial charge in [0.15, 0.2) is 0 Å². The summed E-state index contributed by atoms with van der Waals surface area (Å²) in [5.74, 6) is 0.189. The number of aliphatic hydroxyl groups excluding tert-OH is 1. The molecule has 0 saturated carbocycles. The van der Waals surface area contributed by atoms with Crippen LogP contribution in [0, 0.1) is 0 Å². The molecule has 18 heavy (non-hydrogen) atoms. The van der Waals surface area contributed by atoms with Crippen molar-refractivity contribution >= 4 is 23.2 Å². The highest BCUT2D eigenvalue weighted by molar-refractivity contribution is 6.42. The van der Waals surface area contributed by atoms with Gasteiger partial charge in [0.05, 0.1) is 22.8 Å². The molecule has 1 aliphatic rings. The number of nitrogens with one attached hydrogen (secondary N) is 1. The normalized spacial score (nSPS) is 24.8. The average molecular weight is 290 g/mol.